The fourth-order valence-corrected chi connectivity index (χ4v) is 1.58. The van der Waals surface area contributed by atoms with Gasteiger partial charge in [-0.3, -0.25) is 10.1 Å². The van der Waals surface area contributed by atoms with Gasteiger partial charge in [0.05, 0.1) is 7.11 Å². The maximum Gasteiger partial charge on any atom is 0.322 e. The molecular formula is C14H21NO3. The second-order valence-corrected chi connectivity index (χ2v) is 4.44. The van der Waals surface area contributed by atoms with Crippen LogP contribution >= 0.6 is 0 Å². The number of ether oxygens (including phenoxy) is 2. The second-order valence-electron chi connectivity index (χ2n) is 4.44. The summed E-state index contributed by atoms with van der Waals surface area (Å²) in [7, 11) is 1.38. The standard InChI is InChI=1S/C14H21NO3/c1-10-5-7-13(8-6-10)18-9-11(2)15-12(3)14(16)17-4/h5-8,11-12,15H,9H2,1-4H3. The Balaban J connectivity index is 2.34. The lowest BCUT2D eigenvalue weighted by atomic mass is 10.2. The zero-order chi connectivity index (χ0) is 13.5. The van der Waals surface area contributed by atoms with Crippen molar-refractivity contribution in [3.63, 3.8) is 0 Å². The molecule has 4 heteroatoms. The minimum absolute atomic E-state index is 0.0698. The van der Waals surface area contributed by atoms with Gasteiger partial charge in [-0.25, -0.2) is 0 Å². The molecule has 0 aliphatic carbocycles. The van der Waals surface area contributed by atoms with Crippen LogP contribution in [0.15, 0.2) is 24.3 Å². The maximum absolute atomic E-state index is 11.2. The third-order valence-electron chi connectivity index (χ3n) is 2.61. The Morgan fingerprint density at radius 3 is 2.44 bits per heavy atom. The molecule has 0 amide bonds. The topological polar surface area (TPSA) is 47.6 Å². The molecule has 2 atom stereocenters. The molecule has 0 saturated carbocycles. The normalized spacial score (nSPS) is 13.8. The zero-order valence-electron chi connectivity index (χ0n) is 11.4. The van der Waals surface area contributed by atoms with Crippen LogP contribution in [0.25, 0.3) is 0 Å². The van der Waals surface area contributed by atoms with Crippen LogP contribution in [0.1, 0.15) is 19.4 Å². The van der Waals surface area contributed by atoms with Crippen molar-refractivity contribution in [2.45, 2.75) is 32.9 Å². The van der Waals surface area contributed by atoms with Crippen molar-refractivity contribution in [2.24, 2.45) is 0 Å². The molecule has 4 nitrogen and oxygen atoms in total. The van der Waals surface area contributed by atoms with E-state index in [2.05, 4.69) is 10.1 Å². The SMILES string of the molecule is COC(=O)C(C)NC(C)COc1ccc(C)cc1. The number of hydrogen-bond acceptors (Lipinski definition) is 4. The Kier molecular flexibility index (Phi) is 5.65. The Labute approximate surface area is 108 Å². The molecule has 1 aromatic rings. The molecule has 0 fully saturated rings. The fourth-order valence-electron chi connectivity index (χ4n) is 1.58. The Bertz CT molecular complexity index is 375. The van der Waals surface area contributed by atoms with Crippen molar-refractivity contribution in [2.75, 3.05) is 13.7 Å². The number of benzene rings is 1. The van der Waals surface area contributed by atoms with Crippen LogP contribution < -0.4 is 10.1 Å². The number of esters is 1. The first-order chi connectivity index (χ1) is 8.52. The summed E-state index contributed by atoms with van der Waals surface area (Å²) in [5.41, 5.74) is 1.20. The van der Waals surface area contributed by atoms with E-state index in [4.69, 9.17) is 4.74 Å². The zero-order valence-corrected chi connectivity index (χ0v) is 11.4. The van der Waals surface area contributed by atoms with E-state index in [-0.39, 0.29) is 18.1 Å². The lowest BCUT2D eigenvalue weighted by molar-refractivity contribution is -0.142. The van der Waals surface area contributed by atoms with E-state index in [1.54, 1.807) is 6.92 Å². The van der Waals surface area contributed by atoms with E-state index in [1.807, 2.05) is 38.1 Å². The molecule has 1 N–H and O–H groups in total. The predicted molar refractivity (Wildman–Crippen MR) is 70.7 cm³/mol. The summed E-state index contributed by atoms with van der Waals surface area (Å²) in [5.74, 6) is 0.567. The molecule has 0 bridgehead atoms. The van der Waals surface area contributed by atoms with Gasteiger partial charge in [-0.1, -0.05) is 17.7 Å². The summed E-state index contributed by atoms with van der Waals surface area (Å²) in [4.78, 5) is 11.2. The van der Waals surface area contributed by atoms with Crippen molar-refractivity contribution in [1.82, 2.24) is 5.32 Å². The highest BCUT2D eigenvalue weighted by Gasteiger charge is 2.15. The quantitative estimate of drug-likeness (QED) is 0.785. The highest BCUT2D eigenvalue weighted by atomic mass is 16.5. The molecule has 0 heterocycles. The summed E-state index contributed by atoms with van der Waals surface area (Å²) < 4.78 is 10.3. The number of nitrogens with one attached hydrogen (secondary N) is 1. The van der Waals surface area contributed by atoms with Crippen LogP contribution in [0.2, 0.25) is 0 Å². The molecule has 100 valence electrons. The molecule has 0 spiro atoms. The van der Waals surface area contributed by atoms with Gasteiger partial charge in [0.25, 0.3) is 0 Å². The maximum atomic E-state index is 11.2. The first kappa shape index (κ1) is 14.5. The summed E-state index contributed by atoms with van der Waals surface area (Å²) in [6, 6.07) is 7.62. The molecule has 1 rings (SSSR count). The second kappa shape index (κ2) is 7.01. The van der Waals surface area contributed by atoms with Crippen molar-refractivity contribution < 1.29 is 14.3 Å². The Hall–Kier alpha value is -1.55. The summed E-state index contributed by atoms with van der Waals surface area (Å²) in [6.45, 7) is 6.28. The van der Waals surface area contributed by atoms with E-state index in [0.29, 0.717) is 6.61 Å². The van der Waals surface area contributed by atoms with Crippen LogP contribution in [0, 0.1) is 6.92 Å². The van der Waals surface area contributed by atoms with Crippen molar-refractivity contribution in [3.8, 4) is 5.75 Å². The van der Waals surface area contributed by atoms with Gasteiger partial charge < -0.3 is 9.47 Å². The van der Waals surface area contributed by atoms with E-state index in [1.165, 1.54) is 12.7 Å². The smallest absolute Gasteiger partial charge is 0.322 e. The monoisotopic (exact) mass is 251 g/mol. The van der Waals surface area contributed by atoms with Gasteiger partial charge >= 0.3 is 5.97 Å². The molecule has 0 aliphatic rings. The van der Waals surface area contributed by atoms with Gasteiger partial charge in [0.15, 0.2) is 0 Å². The number of hydrogen-bond donors (Lipinski definition) is 1. The molecule has 0 aliphatic heterocycles. The van der Waals surface area contributed by atoms with Gasteiger partial charge in [0.1, 0.15) is 18.4 Å². The number of aryl methyl sites for hydroxylation is 1. The minimum Gasteiger partial charge on any atom is -0.492 e. The first-order valence-electron chi connectivity index (χ1n) is 6.06. The third-order valence-corrected chi connectivity index (χ3v) is 2.61. The van der Waals surface area contributed by atoms with Crippen LogP contribution in [0.3, 0.4) is 0 Å². The number of carbonyl (C=O) groups excluding carboxylic acids is 1. The highest BCUT2D eigenvalue weighted by molar-refractivity contribution is 5.75. The summed E-state index contributed by atoms with van der Waals surface area (Å²) in [6.07, 6.45) is 0. The summed E-state index contributed by atoms with van der Waals surface area (Å²) in [5, 5.41) is 3.11. The average molecular weight is 251 g/mol. The minimum atomic E-state index is -0.327. The molecule has 18 heavy (non-hydrogen) atoms. The van der Waals surface area contributed by atoms with Crippen LogP contribution in [0.5, 0.6) is 5.75 Å². The Morgan fingerprint density at radius 1 is 1.28 bits per heavy atom. The van der Waals surface area contributed by atoms with Crippen LogP contribution in [-0.2, 0) is 9.53 Å². The van der Waals surface area contributed by atoms with Gasteiger partial charge in [0.2, 0.25) is 0 Å². The molecule has 0 aromatic heterocycles. The van der Waals surface area contributed by atoms with Gasteiger partial charge in [-0.15, -0.1) is 0 Å². The van der Waals surface area contributed by atoms with Crippen LogP contribution in [0.4, 0.5) is 0 Å². The largest absolute Gasteiger partial charge is 0.492 e. The molecule has 0 radical (unpaired) electrons. The van der Waals surface area contributed by atoms with Gasteiger partial charge in [-0.05, 0) is 32.9 Å². The number of carbonyl (C=O) groups is 1. The fraction of sp³-hybridized carbons (Fsp3) is 0.500. The molecular weight excluding hydrogens is 230 g/mol. The van der Waals surface area contributed by atoms with Crippen molar-refractivity contribution in [3.05, 3.63) is 29.8 Å². The van der Waals surface area contributed by atoms with E-state index in [9.17, 15) is 4.79 Å². The van der Waals surface area contributed by atoms with Crippen LogP contribution in [-0.4, -0.2) is 31.8 Å². The van der Waals surface area contributed by atoms with E-state index < -0.39 is 0 Å². The average Bonchev–Trinajstić information content (AvgIpc) is 2.37. The first-order valence-corrected chi connectivity index (χ1v) is 6.06. The molecule has 1 aromatic carbocycles. The number of rotatable bonds is 6. The molecule has 2 unspecified atom stereocenters. The van der Waals surface area contributed by atoms with Crippen molar-refractivity contribution >= 4 is 5.97 Å². The third kappa shape index (κ3) is 4.75. The van der Waals surface area contributed by atoms with Gasteiger partial charge in [-0.2, -0.15) is 0 Å². The lowest BCUT2D eigenvalue weighted by Crippen LogP contribution is -2.43. The van der Waals surface area contributed by atoms with E-state index in [0.717, 1.165) is 5.75 Å². The highest BCUT2D eigenvalue weighted by Crippen LogP contribution is 2.11. The molecule has 0 saturated heterocycles. The number of methoxy groups -OCH3 is 1. The van der Waals surface area contributed by atoms with Gasteiger partial charge in [0, 0.05) is 6.04 Å². The summed E-state index contributed by atoms with van der Waals surface area (Å²) >= 11 is 0. The van der Waals surface area contributed by atoms with E-state index >= 15 is 0 Å². The Morgan fingerprint density at radius 2 is 1.89 bits per heavy atom. The van der Waals surface area contributed by atoms with Crippen molar-refractivity contribution in [1.29, 1.82) is 0 Å². The predicted octanol–water partition coefficient (Wildman–Crippen LogP) is 1.91. The lowest BCUT2D eigenvalue weighted by Gasteiger charge is -2.18.